The molecule has 6 nitrogen and oxygen atoms in total. The second-order valence-electron chi connectivity index (χ2n) is 6.37. The molecule has 1 atom stereocenters. The SMILES string of the molecule is COCCC1(C(=O)N2CCCC(COC)(C(=O)O)C2)CC1. The number of carboxylic acid groups (broad SMARTS) is 1. The molecule has 1 heterocycles. The minimum atomic E-state index is -0.958. The van der Waals surface area contributed by atoms with E-state index in [-0.39, 0.29) is 24.5 Å². The number of likely N-dealkylation sites (tertiary alicyclic amines) is 1. The summed E-state index contributed by atoms with van der Waals surface area (Å²) in [5.74, 6) is -0.774. The fourth-order valence-corrected chi connectivity index (χ4v) is 3.29. The van der Waals surface area contributed by atoms with Gasteiger partial charge in [0.05, 0.1) is 12.0 Å². The molecule has 0 radical (unpaired) electrons. The van der Waals surface area contributed by atoms with E-state index in [9.17, 15) is 14.7 Å². The zero-order valence-corrected chi connectivity index (χ0v) is 12.9. The maximum atomic E-state index is 12.7. The van der Waals surface area contributed by atoms with Crippen LogP contribution in [-0.2, 0) is 19.1 Å². The van der Waals surface area contributed by atoms with E-state index in [2.05, 4.69) is 0 Å². The fraction of sp³-hybridized carbons (Fsp3) is 0.867. The van der Waals surface area contributed by atoms with Gasteiger partial charge in [-0.3, -0.25) is 9.59 Å². The van der Waals surface area contributed by atoms with E-state index in [1.165, 1.54) is 7.11 Å². The highest BCUT2D eigenvalue weighted by Gasteiger charge is 2.53. The third-order valence-electron chi connectivity index (χ3n) is 4.83. The van der Waals surface area contributed by atoms with Crippen LogP contribution in [0, 0.1) is 10.8 Å². The number of rotatable bonds is 7. The summed E-state index contributed by atoms with van der Waals surface area (Å²) in [5.41, 5.74) is -1.26. The lowest BCUT2D eigenvalue weighted by Crippen LogP contribution is -2.53. The first-order valence-corrected chi connectivity index (χ1v) is 7.50. The third kappa shape index (κ3) is 3.21. The first-order valence-electron chi connectivity index (χ1n) is 7.50. The van der Waals surface area contributed by atoms with E-state index in [0.29, 0.717) is 26.0 Å². The Morgan fingerprint density at radius 1 is 1.14 bits per heavy atom. The van der Waals surface area contributed by atoms with Crippen LogP contribution in [0.4, 0.5) is 0 Å². The summed E-state index contributed by atoms with van der Waals surface area (Å²) in [6.45, 7) is 1.62. The second kappa shape index (κ2) is 6.32. The molecule has 21 heavy (non-hydrogen) atoms. The lowest BCUT2D eigenvalue weighted by atomic mass is 9.80. The molecule has 6 heteroatoms. The molecule has 1 saturated carbocycles. The van der Waals surface area contributed by atoms with E-state index in [1.54, 1.807) is 12.0 Å². The number of ether oxygens (including phenoxy) is 2. The van der Waals surface area contributed by atoms with Crippen LogP contribution in [0.3, 0.4) is 0 Å². The molecule has 0 bridgehead atoms. The summed E-state index contributed by atoms with van der Waals surface area (Å²) in [6.07, 6.45) is 3.77. The van der Waals surface area contributed by atoms with Crippen LogP contribution >= 0.6 is 0 Å². The van der Waals surface area contributed by atoms with Crippen LogP contribution in [0.2, 0.25) is 0 Å². The van der Waals surface area contributed by atoms with Crippen LogP contribution < -0.4 is 0 Å². The minimum Gasteiger partial charge on any atom is -0.481 e. The van der Waals surface area contributed by atoms with E-state index >= 15 is 0 Å². The van der Waals surface area contributed by atoms with Gasteiger partial charge in [0.25, 0.3) is 0 Å². The van der Waals surface area contributed by atoms with Crippen LogP contribution in [0.25, 0.3) is 0 Å². The number of carbonyl (C=O) groups is 2. The molecule has 120 valence electrons. The van der Waals surface area contributed by atoms with Crippen molar-refractivity contribution in [2.24, 2.45) is 10.8 Å². The summed E-state index contributed by atoms with van der Waals surface area (Å²) in [7, 11) is 3.14. The molecule has 1 saturated heterocycles. The summed E-state index contributed by atoms with van der Waals surface area (Å²) in [4.78, 5) is 26.1. The van der Waals surface area contributed by atoms with E-state index in [1.807, 2.05) is 0 Å². The van der Waals surface area contributed by atoms with Gasteiger partial charge >= 0.3 is 5.97 Å². The van der Waals surface area contributed by atoms with E-state index in [0.717, 1.165) is 19.3 Å². The standard InChI is InChI=1S/C15H25NO5/c1-20-9-7-14(5-6-14)12(17)16-8-3-4-15(10-16,11-21-2)13(18)19/h3-11H2,1-2H3,(H,18,19). The maximum absolute atomic E-state index is 12.7. The van der Waals surface area contributed by atoms with Crippen molar-refractivity contribution in [1.29, 1.82) is 0 Å². The number of carboxylic acids is 1. The predicted molar refractivity (Wildman–Crippen MR) is 75.9 cm³/mol. The molecular formula is C15H25NO5. The summed E-state index contributed by atoms with van der Waals surface area (Å²) in [5, 5.41) is 9.54. The number of piperidine rings is 1. The van der Waals surface area contributed by atoms with Crippen molar-refractivity contribution >= 4 is 11.9 Å². The third-order valence-corrected chi connectivity index (χ3v) is 4.83. The van der Waals surface area contributed by atoms with Crippen LogP contribution in [0.5, 0.6) is 0 Å². The molecule has 1 unspecified atom stereocenters. The van der Waals surface area contributed by atoms with Gasteiger partial charge in [0.1, 0.15) is 5.41 Å². The van der Waals surface area contributed by atoms with Gasteiger partial charge in [-0.2, -0.15) is 0 Å². The second-order valence-corrected chi connectivity index (χ2v) is 6.37. The highest BCUT2D eigenvalue weighted by molar-refractivity contribution is 5.86. The zero-order chi connectivity index (χ0) is 15.5. The van der Waals surface area contributed by atoms with Crippen LogP contribution in [0.1, 0.15) is 32.1 Å². The van der Waals surface area contributed by atoms with Gasteiger partial charge in [0, 0.05) is 33.9 Å². The summed E-state index contributed by atoms with van der Waals surface area (Å²) < 4.78 is 10.2. The molecule has 0 spiro atoms. The number of nitrogens with zero attached hydrogens (tertiary/aromatic N) is 1. The predicted octanol–water partition coefficient (Wildman–Crippen LogP) is 1.14. The summed E-state index contributed by atoms with van der Waals surface area (Å²) in [6, 6.07) is 0. The number of aliphatic carboxylic acids is 1. The van der Waals surface area contributed by atoms with Crippen molar-refractivity contribution in [3.8, 4) is 0 Å². The number of hydrogen-bond donors (Lipinski definition) is 1. The number of hydrogen-bond acceptors (Lipinski definition) is 4. The van der Waals surface area contributed by atoms with Gasteiger partial charge in [-0.1, -0.05) is 0 Å². The minimum absolute atomic E-state index is 0.0981. The Labute approximate surface area is 125 Å². The normalized spacial score (nSPS) is 27.4. The Hall–Kier alpha value is -1.14. The quantitative estimate of drug-likeness (QED) is 0.763. The first-order chi connectivity index (χ1) is 9.99. The Morgan fingerprint density at radius 2 is 1.86 bits per heavy atom. The molecule has 0 aromatic heterocycles. The van der Waals surface area contributed by atoms with Crippen molar-refractivity contribution in [3.05, 3.63) is 0 Å². The maximum Gasteiger partial charge on any atom is 0.313 e. The molecule has 0 aromatic carbocycles. The van der Waals surface area contributed by atoms with Crippen molar-refractivity contribution in [2.45, 2.75) is 32.1 Å². The van der Waals surface area contributed by atoms with E-state index < -0.39 is 11.4 Å². The smallest absolute Gasteiger partial charge is 0.313 e. The molecular weight excluding hydrogens is 274 g/mol. The monoisotopic (exact) mass is 299 g/mol. The molecule has 1 N–H and O–H groups in total. The Morgan fingerprint density at radius 3 is 2.38 bits per heavy atom. The first kappa shape index (κ1) is 16.2. The zero-order valence-electron chi connectivity index (χ0n) is 12.9. The number of amides is 1. The van der Waals surface area contributed by atoms with Crippen LogP contribution in [-0.4, -0.2) is 62.4 Å². The highest BCUT2D eigenvalue weighted by Crippen LogP contribution is 2.51. The molecule has 0 aromatic rings. The number of carbonyl (C=O) groups excluding carboxylic acids is 1. The Bertz CT molecular complexity index is 403. The molecule has 2 rings (SSSR count). The van der Waals surface area contributed by atoms with Crippen molar-refractivity contribution in [1.82, 2.24) is 4.90 Å². The topological polar surface area (TPSA) is 76.1 Å². The Balaban J connectivity index is 2.06. The highest BCUT2D eigenvalue weighted by atomic mass is 16.5. The molecule has 1 amide bonds. The van der Waals surface area contributed by atoms with Crippen molar-refractivity contribution in [3.63, 3.8) is 0 Å². The van der Waals surface area contributed by atoms with Gasteiger partial charge < -0.3 is 19.5 Å². The van der Waals surface area contributed by atoms with Crippen molar-refractivity contribution < 1.29 is 24.2 Å². The molecule has 2 fully saturated rings. The van der Waals surface area contributed by atoms with Gasteiger partial charge in [-0.25, -0.2) is 0 Å². The average Bonchev–Trinajstić information content (AvgIpc) is 3.26. The van der Waals surface area contributed by atoms with Gasteiger partial charge in [0.15, 0.2) is 0 Å². The van der Waals surface area contributed by atoms with Gasteiger partial charge in [-0.15, -0.1) is 0 Å². The largest absolute Gasteiger partial charge is 0.481 e. The lowest BCUT2D eigenvalue weighted by molar-refractivity contribution is -0.160. The number of methoxy groups -OCH3 is 2. The fourth-order valence-electron chi connectivity index (χ4n) is 3.29. The average molecular weight is 299 g/mol. The van der Waals surface area contributed by atoms with Gasteiger partial charge in [0.2, 0.25) is 5.91 Å². The van der Waals surface area contributed by atoms with Crippen LogP contribution in [0.15, 0.2) is 0 Å². The molecule has 1 aliphatic heterocycles. The Kier molecular flexibility index (Phi) is 4.88. The summed E-state index contributed by atoms with van der Waals surface area (Å²) >= 11 is 0. The van der Waals surface area contributed by atoms with E-state index in [4.69, 9.17) is 9.47 Å². The van der Waals surface area contributed by atoms with Crippen molar-refractivity contribution in [2.75, 3.05) is 40.5 Å². The lowest BCUT2D eigenvalue weighted by Gasteiger charge is -2.40. The molecule has 1 aliphatic carbocycles. The van der Waals surface area contributed by atoms with Gasteiger partial charge in [-0.05, 0) is 32.1 Å². The molecule has 2 aliphatic rings.